The van der Waals surface area contributed by atoms with Gasteiger partial charge >= 0.3 is 0 Å². The van der Waals surface area contributed by atoms with Gasteiger partial charge in [-0.05, 0) is 35.8 Å². The van der Waals surface area contributed by atoms with Gasteiger partial charge in [-0.1, -0.05) is 36.4 Å². The Hall–Kier alpha value is -1.08. The van der Waals surface area contributed by atoms with Crippen LogP contribution in [0.5, 0.6) is 0 Å². The van der Waals surface area contributed by atoms with Crippen molar-refractivity contribution < 1.29 is 5.11 Å². The molecular weight excluding hydrogens is 184 g/mol. The molecule has 3 atom stereocenters. The van der Waals surface area contributed by atoms with Crippen molar-refractivity contribution in [2.24, 2.45) is 11.8 Å². The van der Waals surface area contributed by atoms with Crippen LogP contribution in [0.3, 0.4) is 0 Å². The van der Waals surface area contributed by atoms with Crippen LogP contribution in [0, 0.1) is 11.8 Å². The molecule has 1 aromatic rings. The summed E-state index contributed by atoms with van der Waals surface area (Å²) >= 11 is 0. The molecule has 0 bridgehead atoms. The molecule has 15 heavy (non-hydrogen) atoms. The van der Waals surface area contributed by atoms with Gasteiger partial charge in [-0.15, -0.1) is 0 Å². The van der Waals surface area contributed by atoms with Crippen LogP contribution < -0.4 is 0 Å². The fourth-order valence-corrected chi connectivity index (χ4v) is 3.20. The molecule has 2 aliphatic rings. The fourth-order valence-electron chi connectivity index (χ4n) is 3.20. The quantitative estimate of drug-likeness (QED) is 0.691. The van der Waals surface area contributed by atoms with Crippen molar-refractivity contribution in [2.75, 3.05) is 6.61 Å². The van der Waals surface area contributed by atoms with Gasteiger partial charge < -0.3 is 5.11 Å². The molecule has 2 aliphatic carbocycles. The summed E-state index contributed by atoms with van der Waals surface area (Å²) in [6.45, 7) is 0.297. The lowest BCUT2D eigenvalue weighted by Gasteiger charge is -2.28. The fraction of sp³-hybridized carbons (Fsp3) is 0.429. The maximum atomic E-state index is 9.37. The summed E-state index contributed by atoms with van der Waals surface area (Å²) in [5.41, 5.74) is 3.01. The lowest BCUT2D eigenvalue weighted by Crippen LogP contribution is -2.23. The van der Waals surface area contributed by atoms with E-state index >= 15 is 0 Å². The van der Waals surface area contributed by atoms with E-state index < -0.39 is 0 Å². The zero-order valence-corrected chi connectivity index (χ0v) is 8.76. The van der Waals surface area contributed by atoms with Crippen molar-refractivity contribution >= 4 is 0 Å². The molecule has 3 rings (SSSR count). The van der Waals surface area contributed by atoms with E-state index in [0.29, 0.717) is 24.4 Å². The first-order chi connectivity index (χ1) is 7.40. The molecular formula is C14H16O. The zero-order chi connectivity index (χ0) is 10.3. The number of benzene rings is 1. The highest BCUT2D eigenvalue weighted by Crippen LogP contribution is 2.46. The minimum Gasteiger partial charge on any atom is -0.396 e. The maximum absolute atomic E-state index is 9.37. The smallest absolute Gasteiger partial charge is 0.0496 e. The molecule has 0 amide bonds. The third-order valence-electron chi connectivity index (χ3n) is 3.96. The van der Waals surface area contributed by atoms with Crippen molar-refractivity contribution in [3.05, 3.63) is 47.5 Å². The molecule has 1 aromatic carbocycles. The van der Waals surface area contributed by atoms with Gasteiger partial charge in [-0.25, -0.2) is 0 Å². The van der Waals surface area contributed by atoms with Crippen molar-refractivity contribution in [1.82, 2.24) is 0 Å². The predicted molar refractivity (Wildman–Crippen MR) is 60.7 cm³/mol. The Labute approximate surface area is 90.4 Å². The van der Waals surface area contributed by atoms with Crippen LogP contribution in [0.25, 0.3) is 0 Å². The highest BCUT2D eigenvalue weighted by molar-refractivity contribution is 5.38. The normalized spacial score (nSPS) is 32.5. The Balaban J connectivity index is 1.99. The monoisotopic (exact) mass is 200 g/mol. The summed E-state index contributed by atoms with van der Waals surface area (Å²) in [5, 5.41) is 9.37. The topological polar surface area (TPSA) is 20.2 Å². The lowest BCUT2D eigenvalue weighted by molar-refractivity contribution is 0.190. The van der Waals surface area contributed by atoms with Gasteiger partial charge in [0.15, 0.2) is 0 Å². The average molecular weight is 200 g/mol. The third-order valence-corrected chi connectivity index (χ3v) is 3.96. The molecule has 1 nitrogen and oxygen atoms in total. The summed E-state index contributed by atoms with van der Waals surface area (Å²) < 4.78 is 0. The van der Waals surface area contributed by atoms with E-state index in [1.165, 1.54) is 11.1 Å². The van der Waals surface area contributed by atoms with Crippen LogP contribution in [-0.2, 0) is 6.42 Å². The number of allylic oxidation sites excluding steroid dienone is 1. The summed E-state index contributed by atoms with van der Waals surface area (Å²) in [5.74, 6) is 1.66. The minimum absolute atomic E-state index is 0.297. The zero-order valence-electron chi connectivity index (χ0n) is 8.76. The van der Waals surface area contributed by atoms with Crippen molar-refractivity contribution in [3.63, 3.8) is 0 Å². The first kappa shape index (κ1) is 9.17. The van der Waals surface area contributed by atoms with Gasteiger partial charge in [0.1, 0.15) is 0 Å². The van der Waals surface area contributed by atoms with E-state index in [0.717, 1.165) is 12.8 Å². The van der Waals surface area contributed by atoms with E-state index in [1.54, 1.807) is 0 Å². The molecule has 0 fully saturated rings. The highest BCUT2D eigenvalue weighted by atomic mass is 16.3. The molecule has 1 heteroatoms. The molecule has 0 aliphatic heterocycles. The van der Waals surface area contributed by atoms with Gasteiger partial charge in [-0.2, -0.15) is 0 Å². The van der Waals surface area contributed by atoms with E-state index in [1.807, 2.05) is 0 Å². The van der Waals surface area contributed by atoms with Crippen molar-refractivity contribution in [1.29, 1.82) is 0 Å². The Kier molecular flexibility index (Phi) is 2.14. The van der Waals surface area contributed by atoms with Crippen LogP contribution in [-0.4, -0.2) is 11.7 Å². The number of aliphatic hydroxyl groups is 1. The molecule has 0 saturated carbocycles. The lowest BCUT2D eigenvalue weighted by atomic mass is 9.77. The third kappa shape index (κ3) is 1.34. The van der Waals surface area contributed by atoms with Gasteiger partial charge in [0.2, 0.25) is 0 Å². The van der Waals surface area contributed by atoms with Crippen LogP contribution in [0.15, 0.2) is 36.4 Å². The second-order valence-electron chi connectivity index (χ2n) is 4.68. The summed E-state index contributed by atoms with van der Waals surface area (Å²) in [6, 6.07) is 8.75. The van der Waals surface area contributed by atoms with E-state index in [4.69, 9.17) is 0 Å². The second kappa shape index (κ2) is 3.49. The van der Waals surface area contributed by atoms with Gasteiger partial charge in [0.25, 0.3) is 0 Å². The first-order valence-electron chi connectivity index (χ1n) is 5.75. The summed E-state index contributed by atoms with van der Waals surface area (Å²) in [4.78, 5) is 0. The SMILES string of the molecule is OCC1C=CCC2c3ccccc3CC12. The van der Waals surface area contributed by atoms with E-state index in [2.05, 4.69) is 36.4 Å². The Bertz CT molecular complexity index is 394. The summed E-state index contributed by atoms with van der Waals surface area (Å²) in [7, 11) is 0. The van der Waals surface area contributed by atoms with Crippen molar-refractivity contribution in [3.8, 4) is 0 Å². The molecule has 0 radical (unpaired) electrons. The number of rotatable bonds is 1. The predicted octanol–water partition coefficient (Wildman–Crippen LogP) is 2.51. The van der Waals surface area contributed by atoms with Crippen molar-refractivity contribution in [2.45, 2.75) is 18.8 Å². The standard InChI is InChI=1S/C14H16O/c15-9-11-5-3-7-13-12-6-2-1-4-10(12)8-14(11)13/h1-6,11,13-15H,7-9H2. The van der Waals surface area contributed by atoms with Crippen LogP contribution >= 0.6 is 0 Å². The molecule has 0 saturated heterocycles. The Morgan fingerprint density at radius 3 is 3.00 bits per heavy atom. The first-order valence-corrected chi connectivity index (χ1v) is 5.75. The maximum Gasteiger partial charge on any atom is 0.0496 e. The molecule has 0 heterocycles. The van der Waals surface area contributed by atoms with Crippen LogP contribution in [0.2, 0.25) is 0 Å². The van der Waals surface area contributed by atoms with Gasteiger partial charge in [0, 0.05) is 12.5 Å². The molecule has 78 valence electrons. The Morgan fingerprint density at radius 1 is 1.27 bits per heavy atom. The summed E-state index contributed by atoms with van der Waals surface area (Å²) in [6.07, 6.45) is 6.74. The van der Waals surface area contributed by atoms with E-state index in [-0.39, 0.29) is 0 Å². The number of aliphatic hydroxyl groups excluding tert-OH is 1. The van der Waals surface area contributed by atoms with Crippen LogP contribution in [0.4, 0.5) is 0 Å². The Morgan fingerprint density at radius 2 is 2.13 bits per heavy atom. The van der Waals surface area contributed by atoms with Gasteiger partial charge in [-0.3, -0.25) is 0 Å². The number of fused-ring (bicyclic) bond motifs is 3. The molecule has 0 spiro atoms. The largest absolute Gasteiger partial charge is 0.396 e. The minimum atomic E-state index is 0.297. The highest BCUT2D eigenvalue weighted by Gasteiger charge is 2.37. The van der Waals surface area contributed by atoms with Gasteiger partial charge in [0.05, 0.1) is 0 Å². The molecule has 3 unspecified atom stereocenters. The molecule has 1 N–H and O–H groups in total. The molecule has 0 aromatic heterocycles. The number of hydrogen-bond donors (Lipinski definition) is 1. The van der Waals surface area contributed by atoms with Crippen LogP contribution in [0.1, 0.15) is 23.5 Å². The average Bonchev–Trinajstić information content (AvgIpc) is 2.67. The number of hydrogen-bond acceptors (Lipinski definition) is 1. The van der Waals surface area contributed by atoms with E-state index in [9.17, 15) is 5.11 Å². The second-order valence-corrected chi connectivity index (χ2v) is 4.68.